The number of anilines is 2. The summed E-state index contributed by atoms with van der Waals surface area (Å²) in [6, 6.07) is 18.7. The lowest BCUT2D eigenvalue weighted by Crippen LogP contribution is -2.39. The number of aromatic nitrogens is 1. The number of hydrogen-bond donors (Lipinski definition) is 4. The van der Waals surface area contributed by atoms with E-state index in [4.69, 9.17) is 10.5 Å². The number of ether oxygens (including phenoxy) is 1. The highest BCUT2D eigenvalue weighted by atomic mass is 16.5. The number of carbonyl (C=O) groups is 2. The van der Waals surface area contributed by atoms with Crippen molar-refractivity contribution in [3.05, 3.63) is 78.1 Å². The largest absolute Gasteiger partial charge is 0.453 e. The van der Waals surface area contributed by atoms with Crippen LogP contribution in [-0.2, 0) is 16.1 Å². The summed E-state index contributed by atoms with van der Waals surface area (Å²) in [5.41, 5.74) is 11.4. The minimum Gasteiger partial charge on any atom is -0.453 e. The van der Waals surface area contributed by atoms with Crippen molar-refractivity contribution < 1.29 is 14.3 Å². The van der Waals surface area contributed by atoms with Crippen molar-refractivity contribution in [2.45, 2.75) is 50.7 Å². The third kappa shape index (κ3) is 6.60. The van der Waals surface area contributed by atoms with E-state index in [1.165, 1.54) is 7.11 Å². The Labute approximate surface area is 211 Å². The van der Waals surface area contributed by atoms with E-state index in [1.54, 1.807) is 12.3 Å². The predicted molar refractivity (Wildman–Crippen MR) is 141 cm³/mol. The highest BCUT2D eigenvalue weighted by Crippen LogP contribution is 2.33. The van der Waals surface area contributed by atoms with Crippen LogP contribution in [0.2, 0.25) is 0 Å². The van der Waals surface area contributed by atoms with Crippen LogP contribution in [-0.4, -0.2) is 30.1 Å². The summed E-state index contributed by atoms with van der Waals surface area (Å²) in [5.74, 6) is -0.0712. The number of pyridine rings is 1. The molecule has 2 atom stereocenters. The molecule has 188 valence electrons. The molecule has 0 spiro atoms. The lowest BCUT2D eigenvalue weighted by molar-refractivity contribution is -0.122. The first kappa shape index (κ1) is 25.2. The van der Waals surface area contributed by atoms with E-state index < -0.39 is 12.1 Å². The molecule has 1 aliphatic heterocycles. The summed E-state index contributed by atoms with van der Waals surface area (Å²) >= 11 is 0. The topological polar surface area (TPSA) is 118 Å². The fourth-order valence-corrected chi connectivity index (χ4v) is 4.38. The van der Waals surface area contributed by atoms with E-state index in [1.807, 2.05) is 54.6 Å². The molecular formula is C28H33N5O3. The standard InChI is InChI=1S/C28H33N5O3/c1-36-28(35)32-21-12-13-22-20-14-15-30-26(16-20)23(29)10-6-3-7-11-24(33-25(22)17-21)27(34)31-18-19-8-4-2-5-9-19/h2,4-5,8-9,12-17,23-24,33H,3,6-7,10-11,18,29H2,1H3,(H,31,34)(H,32,35)/t23-,24+/m0/s1. The summed E-state index contributed by atoms with van der Waals surface area (Å²) in [6.45, 7) is 0.456. The normalized spacial score (nSPS) is 17.7. The van der Waals surface area contributed by atoms with E-state index >= 15 is 0 Å². The van der Waals surface area contributed by atoms with Crippen LogP contribution in [0.4, 0.5) is 16.2 Å². The van der Waals surface area contributed by atoms with Gasteiger partial charge in [0, 0.05) is 35.7 Å². The molecule has 1 aromatic heterocycles. The molecular weight excluding hydrogens is 454 g/mol. The maximum Gasteiger partial charge on any atom is 0.411 e. The van der Waals surface area contributed by atoms with Crippen LogP contribution in [0, 0.1) is 0 Å². The lowest BCUT2D eigenvalue weighted by Gasteiger charge is -2.22. The molecule has 2 aromatic carbocycles. The van der Waals surface area contributed by atoms with Crippen molar-refractivity contribution in [2.24, 2.45) is 5.73 Å². The Balaban J connectivity index is 1.67. The Morgan fingerprint density at radius 1 is 1.06 bits per heavy atom. The molecule has 3 aromatic rings. The highest BCUT2D eigenvalue weighted by Gasteiger charge is 2.21. The molecule has 0 saturated heterocycles. The van der Waals surface area contributed by atoms with Crippen LogP contribution in [0.25, 0.3) is 11.1 Å². The van der Waals surface area contributed by atoms with E-state index in [-0.39, 0.29) is 11.9 Å². The van der Waals surface area contributed by atoms with Gasteiger partial charge in [-0.2, -0.15) is 0 Å². The molecule has 2 heterocycles. The Morgan fingerprint density at radius 3 is 2.67 bits per heavy atom. The summed E-state index contributed by atoms with van der Waals surface area (Å²) in [4.78, 5) is 29.6. The van der Waals surface area contributed by atoms with Crippen molar-refractivity contribution in [1.82, 2.24) is 10.3 Å². The molecule has 2 amide bonds. The average molecular weight is 488 g/mol. The molecule has 0 aliphatic carbocycles. The second kappa shape index (κ2) is 12.2. The van der Waals surface area contributed by atoms with Gasteiger partial charge in [-0.1, -0.05) is 55.7 Å². The average Bonchev–Trinajstić information content (AvgIpc) is 2.91. The van der Waals surface area contributed by atoms with Crippen LogP contribution < -0.4 is 21.7 Å². The van der Waals surface area contributed by atoms with E-state index in [0.29, 0.717) is 18.7 Å². The maximum atomic E-state index is 13.3. The van der Waals surface area contributed by atoms with Crippen molar-refractivity contribution in [2.75, 3.05) is 17.7 Å². The quantitative estimate of drug-likeness (QED) is 0.412. The summed E-state index contributed by atoms with van der Waals surface area (Å²) < 4.78 is 4.75. The Morgan fingerprint density at radius 2 is 1.86 bits per heavy atom. The SMILES string of the molecule is COC(=O)Nc1ccc2c(c1)N[C@@H](C(=O)NCc1ccccc1)CCCCC[C@H](N)c1cc-2ccn1. The summed E-state index contributed by atoms with van der Waals surface area (Å²) in [7, 11) is 1.32. The predicted octanol–water partition coefficient (Wildman–Crippen LogP) is 4.99. The van der Waals surface area contributed by atoms with Crippen LogP contribution in [0.5, 0.6) is 0 Å². The van der Waals surface area contributed by atoms with Crippen LogP contribution in [0.1, 0.15) is 49.4 Å². The van der Waals surface area contributed by atoms with Gasteiger partial charge in [0.15, 0.2) is 0 Å². The third-order valence-electron chi connectivity index (χ3n) is 6.39. The van der Waals surface area contributed by atoms with Gasteiger partial charge in [0.05, 0.1) is 12.8 Å². The first-order valence-electron chi connectivity index (χ1n) is 12.3. The number of nitrogens with zero attached hydrogens (tertiary/aromatic N) is 1. The lowest BCUT2D eigenvalue weighted by atomic mass is 10.00. The molecule has 2 bridgehead atoms. The number of carbonyl (C=O) groups excluding carboxylic acids is 2. The molecule has 5 N–H and O–H groups in total. The number of amides is 2. The zero-order valence-corrected chi connectivity index (χ0v) is 20.5. The van der Waals surface area contributed by atoms with Gasteiger partial charge in [-0.05, 0) is 48.2 Å². The minimum absolute atomic E-state index is 0.0712. The van der Waals surface area contributed by atoms with Gasteiger partial charge in [-0.25, -0.2) is 4.79 Å². The molecule has 1 aliphatic rings. The summed E-state index contributed by atoms with van der Waals surface area (Å²) in [5, 5.41) is 9.25. The monoisotopic (exact) mass is 487 g/mol. The highest BCUT2D eigenvalue weighted by molar-refractivity contribution is 5.91. The number of nitrogens with two attached hydrogens (primary N) is 1. The number of rotatable bonds is 4. The van der Waals surface area contributed by atoms with Crippen molar-refractivity contribution in [3.63, 3.8) is 0 Å². The van der Waals surface area contributed by atoms with Crippen LogP contribution in [0.3, 0.4) is 0 Å². The summed E-state index contributed by atoms with van der Waals surface area (Å²) in [6.07, 6.45) is 5.51. The van der Waals surface area contributed by atoms with E-state index in [9.17, 15) is 9.59 Å². The number of benzene rings is 2. The van der Waals surface area contributed by atoms with Crippen LogP contribution >= 0.6 is 0 Å². The van der Waals surface area contributed by atoms with Crippen molar-refractivity contribution in [3.8, 4) is 11.1 Å². The van der Waals surface area contributed by atoms with Gasteiger partial charge in [0.25, 0.3) is 0 Å². The molecule has 36 heavy (non-hydrogen) atoms. The van der Waals surface area contributed by atoms with E-state index in [2.05, 4.69) is 20.9 Å². The zero-order chi connectivity index (χ0) is 25.3. The third-order valence-corrected chi connectivity index (χ3v) is 6.39. The first-order chi connectivity index (χ1) is 17.5. The molecule has 0 radical (unpaired) electrons. The number of fused-ring (bicyclic) bond motifs is 4. The molecule has 0 unspecified atom stereocenters. The van der Waals surface area contributed by atoms with Gasteiger partial charge in [0.2, 0.25) is 5.91 Å². The smallest absolute Gasteiger partial charge is 0.411 e. The number of nitrogens with one attached hydrogen (secondary N) is 3. The molecule has 8 heteroatoms. The Hall–Kier alpha value is -3.91. The van der Waals surface area contributed by atoms with Gasteiger partial charge < -0.3 is 21.1 Å². The molecule has 8 nitrogen and oxygen atoms in total. The second-order valence-electron chi connectivity index (χ2n) is 8.99. The maximum absolute atomic E-state index is 13.3. The van der Waals surface area contributed by atoms with Gasteiger partial charge >= 0.3 is 6.09 Å². The van der Waals surface area contributed by atoms with E-state index in [0.717, 1.165) is 53.8 Å². The first-order valence-corrected chi connectivity index (χ1v) is 12.3. The zero-order valence-electron chi connectivity index (χ0n) is 20.5. The minimum atomic E-state index is -0.561. The van der Waals surface area contributed by atoms with Crippen molar-refractivity contribution >= 4 is 23.4 Å². The number of hydrogen-bond acceptors (Lipinski definition) is 6. The van der Waals surface area contributed by atoms with Crippen LogP contribution in [0.15, 0.2) is 66.9 Å². The Bertz CT molecular complexity index is 1180. The van der Waals surface area contributed by atoms with Gasteiger partial charge in [-0.3, -0.25) is 15.1 Å². The molecule has 4 rings (SSSR count). The Kier molecular flexibility index (Phi) is 8.52. The van der Waals surface area contributed by atoms with Crippen molar-refractivity contribution in [1.29, 1.82) is 0 Å². The van der Waals surface area contributed by atoms with Gasteiger partial charge in [0.1, 0.15) is 6.04 Å². The second-order valence-corrected chi connectivity index (χ2v) is 8.99. The van der Waals surface area contributed by atoms with Gasteiger partial charge in [-0.15, -0.1) is 0 Å². The molecule has 0 fully saturated rings. The molecule has 0 saturated carbocycles. The number of methoxy groups -OCH3 is 1. The fourth-order valence-electron chi connectivity index (χ4n) is 4.38. The fraction of sp³-hybridized carbons (Fsp3) is 0.321.